The van der Waals surface area contributed by atoms with Crippen LogP contribution in [-0.4, -0.2) is 47.7 Å². The lowest BCUT2D eigenvalue weighted by molar-refractivity contribution is -0.608. The van der Waals surface area contributed by atoms with Gasteiger partial charge in [-0.1, -0.05) is 31.4 Å². The summed E-state index contributed by atoms with van der Waals surface area (Å²) in [6, 6.07) is 11.4. The second kappa shape index (κ2) is 10.2. The molecule has 37 heavy (non-hydrogen) atoms. The van der Waals surface area contributed by atoms with Gasteiger partial charge in [-0.15, -0.1) is 0 Å². The molecule has 3 fully saturated rings. The Morgan fingerprint density at radius 2 is 1.54 bits per heavy atom. The van der Waals surface area contributed by atoms with Gasteiger partial charge in [0.15, 0.2) is 17.7 Å². The molecule has 3 aliphatic heterocycles. The van der Waals surface area contributed by atoms with Gasteiger partial charge in [0.2, 0.25) is 0 Å². The van der Waals surface area contributed by atoms with Gasteiger partial charge < -0.3 is 19.6 Å². The Morgan fingerprint density at radius 1 is 0.838 bits per heavy atom. The van der Waals surface area contributed by atoms with Crippen molar-refractivity contribution in [2.75, 3.05) is 26.2 Å². The van der Waals surface area contributed by atoms with Crippen LogP contribution < -0.4 is 14.2 Å². The number of pyridine rings is 1. The molecule has 2 aromatic rings. The minimum atomic E-state index is -0.457. The highest BCUT2D eigenvalue weighted by Gasteiger charge is 2.43. The number of rotatable bonds is 3. The average molecular weight is 506 g/mol. The summed E-state index contributed by atoms with van der Waals surface area (Å²) in [7, 11) is 0. The number of aromatic nitrogens is 1. The van der Waals surface area contributed by atoms with Crippen molar-refractivity contribution in [2.45, 2.75) is 83.0 Å². The second-order valence-corrected chi connectivity index (χ2v) is 11.6. The molecule has 1 aliphatic carbocycles. The molecule has 1 amide bonds. The zero-order chi connectivity index (χ0) is 25.3. The monoisotopic (exact) mass is 505 g/mol. The maximum atomic E-state index is 12.9. The summed E-state index contributed by atoms with van der Waals surface area (Å²) in [5.41, 5.74) is 1.76. The lowest BCUT2D eigenvalue weighted by atomic mass is 9.71. The largest absolute Gasteiger partial charge is 0.618 e. The molecule has 1 saturated carbocycles. The third-order valence-electron chi connectivity index (χ3n) is 9.23. The van der Waals surface area contributed by atoms with Crippen molar-refractivity contribution in [2.24, 2.45) is 5.41 Å². The third-order valence-corrected chi connectivity index (χ3v) is 9.23. The summed E-state index contributed by atoms with van der Waals surface area (Å²) in [6.45, 7) is 4.47. The molecular weight excluding hydrogens is 466 g/mol. The Labute approximate surface area is 219 Å². The molecule has 6 rings (SSSR count). The smallest absolute Gasteiger partial charge is 0.319 e. The number of carbonyl (C=O) groups is 1. The average Bonchev–Trinajstić information content (AvgIpc) is 3.29. The van der Waals surface area contributed by atoms with E-state index in [1.807, 2.05) is 4.90 Å². The van der Waals surface area contributed by atoms with Gasteiger partial charge in [0.25, 0.3) is 11.5 Å². The Hall–Kier alpha value is -2.80. The van der Waals surface area contributed by atoms with Crippen LogP contribution in [0.5, 0.6) is 11.5 Å². The molecule has 0 unspecified atom stereocenters. The van der Waals surface area contributed by atoms with E-state index in [4.69, 9.17) is 9.47 Å². The highest BCUT2D eigenvalue weighted by atomic mass is 16.7. The quantitative estimate of drug-likeness (QED) is 0.431. The number of para-hydroxylation sites is 1. The fourth-order valence-electron chi connectivity index (χ4n) is 6.80. The van der Waals surface area contributed by atoms with Crippen LogP contribution in [0, 0.1) is 10.6 Å². The normalized spacial score (nSPS) is 23.1. The first-order chi connectivity index (χ1) is 18.0. The van der Waals surface area contributed by atoms with E-state index in [0.717, 1.165) is 82.7 Å². The highest BCUT2D eigenvalue weighted by Crippen LogP contribution is 2.47. The Bertz CT molecular complexity index is 1110. The van der Waals surface area contributed by atoms with E-state index in [1.165, 1.54) is 43.9 Å². The fraction of sp³-hybridized carbons (Fsp3) is 0.600. The van der Waals surface area contributed by atoms with Crippen LogP contribution >= 0.6 is 0 Å². The first-order valence-electron chi connectivity index (χ1n) is 14.2. The SMILES string of the molecule is O=C(c1cccc[n+]1[O-])N1CCC2(CCN(Cc3cccc4c3OC3(CCCCCCC3)O4)CC2)CC1. The van der Waals surface area contributed by atoms with Crippen LogP contribution in [0.4, 0.5) is 0 Å². The third kappa shape index (κ3) is 5.02. The van der Waals surface area contributed by atoms with Crippen molar-refractivity contribution < 1.29 is 19.0 Å². The van der Waals surface area contributed by atoms with Gasteiger partial charge in [-0.2, -0.15) is 4.73 Å². The Balaban J connectivity index is 1.04. The van der Waals surface area contributed by atoms with Crippen LogP contribution in [-0.2, 0) is 6.54 Å². The van der Waals surface area contributed by atoms with E-state index in [2.05, 4.69) is 23.1 Å². The van der Waals surface area contributed by atoms with Crippen molar-refractivity contribution in [3.63, 3.8) is 0 Å². The topological polar surface area (TPSA) is 69.0 Å². The number of benzene rings is 1. The molecule has 4 heterocycles. The van der Waals surface area contributed by atoms with Crippen LogP contribution in [0.2, 0.25) is 0 Å². The number of amides is 1. The van der Waals surface area contributed by atoms with Crippen LogP contribution in [0.15, 0.2) is 42.6 Å². The van der Waals surface area contributed by atoms with Gasteiger partial charge in [-0.05, 0) is 69.2 Å². The minimum Gasteiger partial charge on any atom is -0.618 e. The second-order valence-electron chi connectivity index (χ2n) is 11.6. The van der Waals surface area contributed by atoms with Crippen molar-refractivity contribution in [1.82, 2.24) is 9.80 Å². The zero-order valence-electron chi connectivity index (χ0n) is 21.8. The van der Waals surface area contributed by atoms with E-state index in [1.54, 1.807) is 18.2 Å². The molecule has 4 aliphatic rings. The van der Waals surface area contributed by atoms with E-state index in [9.17, 15) is 10.0 Å². The number of piperidine rings is 2. The van der Waals surface area contributed by atoms with E-state index < -0.39 is 5.79 Å². The molecule has 0 atom stereocenters. The number of fused-ring (bicyclic) bond motifs is 1. The van der Waals surface area contributed by atoms with Gasteiger partial charge in [0.05, 0.1) is 0 Å². The maximum absolute atomic E-state index is 12.9. The van der Waals surface area contributed by atoms with Gasteiger partial charge in [-0.25, -0.2) is 0 Å². The summed E-state index contributed by atoms with van der Waals surface area (Å²) in [5.74, 6) is 1.28. The fourth-order valence-corrected chi connectivity index (χ4v) is 6.80. The van der Waals surface area contributed by atoms with Crippen molar-refractivity contribution in [3.8, 4) is 11.5 Å². The van der Waals surface area contributed by atoms with Crippen LogP contribution in [0.1, 0.15) is 86.7 Å². The van der Waals surface area contributed by atoms with Crippen LogP contribution in [0.3, 0.4) is 0 Å². The number of ether oxygens (including phenoxy) is 2. The predicted octanol–water partition coefficient (Wildman–Crippen LogP) is 5.05. The maximum Gasteiger partial charge on any atom is 0.319 e. The molecule has 0 bridgehead atoms. The van der Waals surface area contributed by atoms with E-state index >= 15 is 0 Å². The lowest BCUT2D eigenvalue weighted by Gasteiger charge is -2.46. The summed E-state index contributed by atoms with van der Waals surface area (Å²) >= 11 is 0. The Morgan fingerprint density at radius 3 is 2.27 bits per heavy atom. The van der Waals surface area contributed by atoms with Crippen molar-refractivity contribution in [3.05, 3.63) is 59.1 Å². The molecule has 1 aromatic heterocycles. The molecule has 7 heteroatoms. The van der Waals surface area contributed by atoms with Crippen molar-refractivity contribution in [1.29, 1.82) is 0 Å². The summed E-state index contributed by atoms with van der Waals surface area (Å²) in [6.07, 6.45) is 13.9. The van der Waals surface area contributed by atoms with Crippen molar-refractivity contribution >= 4 is 5.91 Å². The summed E-state index contributed by atoms with van der Waals surface area (Å²) < 4.78 is 13.8. The first-order valence-corrected chi connectivity index (χ1v) is 14.2. The minimum absolute atomic E-state index is 0.148. The van der Waals surface area contributed by atoms with Crippen LogP contribution in [0.25, 0.3) is 0 Å². The molecule has 2 saturated heterocycles. The molecular formula is C30H39N3O4. The first kappa shape index (κ1) is 24.5. The summed E-state index contributed by atoms with van der Waals surface area (Å²) in [5, 5.41) is 12.0. The molecule has 1 aromatic carbocycles. The number of likely N-dealkylation sites (tertiary alicyclic amines) is 2. The van der Waals surface area contributed by atoms with E-state index in [0.29, 0.717) is 10.1 Å². The summed E-state index contributed by atoms with van der Waals surface area (Å²) in [4.78, 5) is 17.3. The lowest BCUT2D eigenvalue weighted by Crippen LogP contribution is -2.50. The van der Waals surface area contributed by atoms with Gasteiger partial charge in [0, 0.05) is 50.2 Å². The number of hydrogen-bond donors (Lipinski definition) is 0. The standard InChI is InChI=1S/C30H39N3O4/c34-28(25-10-4-7-18-33(25)35)32-21-16-29(17-22-32)14-19-31(20-15-29)23-24-9-8-11-26-27(24)37-30(36-26)12-5-2-1-3-6-13-30/h4,7-11,18H,1-3,5-6,12-17,19-23H2. The van der Waals surface area contributed by atoms with E-state index in [-0.39, 0.29) is 11.6 Å². The number of hydrogen-bond acceptors (Lipinski definition) is 5. The molecule has 198 valence electrons. The van der Waals surface area contributed by atoms with Gasteiger partial charge in [0.1, 0.15) is 0 Å². The Kier molecular flexibility index (Phi) is 6.74. The van der Waals surface area contributed by atoms with Gasteiger partial charge >= 0.3 is 5.91 Å². The molecule has 7 nitrogen and oxygen atoms in total. The molecule has 2 spiro atoms. The molecule has 0 N–H and O–H groups in total. The zero-order valence-corrected chi connectivity index (χ0v) is 21.8. The number of carbonyl (C=O) groups excluding carboxylic acids is 1. The predicted molar refractivity (Wildman–Crippen MR) is 140 cm³/mol. The highest BCUT2D eigenvalue weighted by molar-refractivity contribution is 5.91. The molecule has 0 radical (unpaired) electrons. The number of nitrogens with zero attached hydrogens (tertiary/aromatic N) is 3. The van der Waals surface area contributed by atoms with Gasteiger partial charge in [-0.3, -0.25) is 9.69 Å².